The third-order valence-corrected chi connectivity index (χ3v) is 5.48. The topological polar surface area (TPSA) is 50.2 Å². The van der Waals surface area contributed by atoms with Crippen molar-refractivity contribution in [3.63, 3.8) is 0 Å². The fourth-order valence-electron chi connectivity index (χ4n) is 3.10. The summed E-state index contributed by atoms with van der Waals surface area (Å²) in [6, 6.07) is 18.9. The Labute approximate surface area is 174 Å². The molecule has 3 nitrogen and oxygen atoms in total. The zero-order chi connectivity index (χ0) is 21.3. The van der Waals surface area contributed by atoms with Crippen molar-refractivity contribution in [3.8, 4) is 33.0 Å². The van der Waals surface area contributed by atoms with Crippen molar-refractivity contribution in [3.05, 3.63) is 89.3 Å². The second-order valence-corrected chi connectivity index (χ2v) is 7.40. The zero-order valence-electron chi connectivity index (χ0n) is 15.4. The van der Waals surface area contributed by atoms with Crippen molar-refractivity contribution in [2.75, 3.05) is 0 Å². The predicted octanol–water partition coefficient (Wildman–Crippen LogP) is 6.86. The maximum absolute atomic E-state index is 12.9. The number of hydrogen-bond donors (Lipinski definition) is 1. The Hall–Kier alpha value is -3.45. The molecular formula is C23H14F3NO2S. The quantitative estimate of drug-likeness (QED) is 0.389. The summed E-state index contributed by atoms with van der Waals surface area (Å²) < 4.78 is 38.8. The number of hydrogen-bond acceptors (Lipinski definition) is 3. The first-order chi connectivity index (χ1) is 14.3. The maximum Gasteiger partial charge on any atom is 0.416 e. The van der Waals surface area contributed by atoms with Crippen LogP contribution in [-0.4, -0.2) is 16.1 Å². The molecule has 0 fully saturated rings. The minimum absolute atomic E-state index is 0.175. The molecule has 1 aromatic heterocycles. The van der Waals surface area contributed by atoms with Gasteiger partial charge in [0, 0.05) is 16.5 Å². The van der Waals surface area contributed by atoms with Crippen LogP contribution in [0.2, 0.25) is 0 Å². The SMILES string of the molecule is O=C(O)c1ccccc1-c1csc(-c2ccc(-c3cccc(C(F)(F)F)c3)cc2)n1. The number of carboxylic acids is 1. The van der Waals surface area contributed by atoms with E-state index < -0.39 is 17.7 Å². The van der Waals surface area contributed by atoms with Crippen molar-refractivity contribution in [2.24, 2.45) is 0 Å². The van der Waals surface area contributed by atoms with Crippen molar-refractivity contribution >= 4 is 17.3 Å². The van der Waals surface area contributed by atoms with E-state index in [1.54, 1.807) is 53.9 Å². The number of carbonyl (C=O) groups is 1. The molecule has 1 heterocycles. The number of alkyl halides is 3. The molecule has 0 unspecified atom stereocenters. The lowest BCUT2D eigenvalue weighted by molar-refractivity contribution is -0.137. The zero-order valence-corrected chi connectivity index (χ0v) is 16.2. The molecule has 3 aromatic carbocycles. The molecule has 150 valence electrons. The molecule has 0 amide bonds. The molecule has 1 N–H and O–H groups in total. The average molecular weight is 425 g/mol. The van der Waals surface area contributed by atoms with Gasteiger partial charge in [-0.15, -0.1) is 11.3 Å². The first-order valence-corrected chi connectivity index (χ1v) is 9.77. The molecule has 0 atom stereocenters. The summed E-state index contributed by atoms with van der Waals surface area (Å²) in [5, 5.41) is 11.8. The number of aromatic nitrogens is 1. The van der Waals surface area contributed by atoms with Crippen LogP contribution in [-0.2, 0) is 6.18 Å². The highest BCUT2D eigenvalue weighted by Crippen LogP contribution is 2.34. The molecule has 4 rings (SSSR count). The fraction of sp³-hybridized carbons (Fsp3) is 0.0435. The van der Waals surface area contributed by atoms with E-state index in [0.29, 0.717) is 27.4 Å². The van der Waals surface area contributed by atoms with E-state index in [4.69, 9.17) is 0 Å². The molecule has 0 saturated heterocycles. The van der Waals surface area contributed by atoms with Crippen LogP contribution in [0.3, 0.4) is 0 Å². The monoisotopic (exact) mass is 425 g/mol. The Kier molecular flexibility index (Phi) is 5.13. The van der Waals surface area contributed by atoms with Crippen LogP contribution >= 0.6 is 11.3 Å². The number of carboxylic acid groups (broad SMARTS) is 1. The summed E-state index contributed by atoms with van der Waals surface area (Å²) in [5.41, 5.74) is 2.53. The van der Waals surface area contributed by atoms with E-state index in [1.807, 2.05) is 0 Å². The second-order valence-electron chi connectivity index (χ2n) is 6.54. The molecule has 7 heteroatoms. The number of aromatic carboxylic acids is 1. The summed E-state index contributed by atoms with van der Waals surface area (Å²) in [5.74, 6) is -1.02. The average Bonchev–Trinajstić information content (AvgIpc) is 3.23. The van der Waals surface area contributed by atoms with Crippen LogP contribution in [0.25, 0.3) is 33.0 Å². The standard InChI is InChI=1S/C23H14F3NO2S/c24-23(25,26)17-5-3-4-16(12-17)14-8-10-15(11-9-14)21-27-20(13-30-21)18-6-1-2-7-19(18)22(28)29/h1-13H,(H,28,29). The molecule has 0 radical (unpaired) electrons. The van der Waals surface area contributed by atoms with Gasteiger partial charge in [-0.2, -0.15) is 13.2 Å². The predicted molar refractivity (Wildman–Crippen MR) is 110 cm³/mol. The maximum atomic E-state index is 12.9. The lowest BCUT2D eigenvalue weighted by Crippen LogP contribution is -2.04. The van der Waals surface area contributed by atoms with Gasteiger partial charge in [0.05, 0.1) is 16.8 Å². The summed E-state index contributed by atoms with van der Waals surface area (Å²) >= 11 is 1.37. The van der Waals surface area contributed by atoms with Gasteiger partial charge in [-0.25, -0.2) is 9.78 Å². The summed E-state index contributed by atoms with van der Waals surface area (Å²) in [6.07, 6.45) is -4.39. The Bertz CT molecular complexity index is 1210. The van der Waals surface area contributed by atoms with Crippen molar-refractivity contribution < 1.29 is 23.1 Å². The third-order valence-electron chi connectivity index (χ3n) is 4.59. The molecule has 0 aliphatic carbocycles. The molecule has 30 heavy (non-hydrogen) atoms. The van der Waals surface area contributed by atoms with Gasteiger partial charge in [0.25, 0.3) is 0 Å². The highest BCUT2D eigenvalue weighted by atomic mass is 32.1. The molecule has 0 spiro atoms. The highest BCUT2D eigenvalue weighted by molar-refractivity contribution is 7.13. The number of benzene rings is 3. The Morgan fingerprint density at radius 1 is 0.867 bits per heavy atom. The molecule has 0 aliphatic heterocycles. The summed E-state index contributed by atoms with van der Waals surface area (Å²) in [7, 11) is 0. The van der Waals surface area contributed by atoms with Crippen molar-refractivity contribution in [1.29, 1.82) is 0 Å². The molecule has 4 aromatic rings. The first-order valence-electron chi connectivity index (χ1n) is 8.89. The number of halogens is 3. The van der Waals surface area contributed by atoms with Crippen molar-refractivity contribution in [1.82, 2.24) is 4.98 Å². The minimum Gasteiger partial charge on any atom is -0.478 e. The fourth-order valence-corrected chi connectivity index (χ4v) is 3.93. The smallest absolute Gasteiger partial charge is 0.416 e. The molecule has 0 bridgehead atoms. The largest absolute Gasteiger partial charge is 0.478 e. The molecular weight excluding hydrogens is 411 g/mol. The van der Waals surface area contributed by atoms with E-state index in [1.165, 1.54) is 23.5 Å². The normalized spacial score (nSPS) is 11.4. The van der Waals surface area contributed by atoms with Gasteiger partial charge < -0.3 is 5.11 Å². The van der Waals surface area contributed by atoms with Gasteiger partial charge in [0.1, 0.15) is 5.01 Å². The van der Waals surface area contributed by atoms with Gasteiger partial charge in [-0.05, 0) is 29.3 Å². The van der Waals surface area contributed by atoms with Crippen LogP contribution in [0.1, 0.15) is 15.9 Å². The Morgan fingerprint density at radius 2 is 1.57 bits per heavy atom. The summed E-state index contributed by atoms with van der Waals surface area (Å²) in [4.78, 5) is 16.0. The number of rotatable bonds is 4. The van der Waals surface area contributed by atoms with Crippen molar-refractivity contribution in [2.45, 2.75) is 6.18 Å². The van der Waals surface area contributed by atoms with Crippen LogP contribution in [0.15, 0.2) is 78.2 Å². The van der Waals surface area contributed by atoms with Crippen LogP contribution in [0.4, 0.5) is 13.2 Å². The lowest BCUT2D eigenvalue weighted by Gasteiger charge is -2.09. The van der Waals surface area contributed by atoms with E-state index >= 15 is 0 Å². The number of nitrogens with zero attached hydrogens (tertiary/aromatic N) is 1. The van der Waals surface area contributed by atoms with Gasteiger partial charge in [0.2, 0.25) is 0 Å². The lowest BCUT2D eigenvalue weighted by atomic mass is 10.0. The van der Waals surface area contributed by atoms with E-state index in [0.717, 1.165) is 17.7 Å². The van der Waals surface area contributed by atoms with Gasteiger partial charge >= 0.3 is 12.1 Å². The molecule has 0 aliphatic rings. The van der Waals surface area contributed by atoms with Crippen LogP contribution in [0.5, 0.6) is 0 Å². The second kappa shape index (κ2) is 7.76. The van der Waals surface area contributed by atoms with Gasteiger partial charge in [-0.3, -0.25) is 0 Å². The third kappa shape index (κ3) is 3.97. The Balaban J connectivity index is 1.63. The number of thiazole rings is 1. The highest BCUT2D eigenvalue weighted by Gasteiger charge is 2.30. The van der Waals surface area contributed by atoms with Gasteiger partial charge in [-0.1, -0.05) is 54.6 Å². The van der Waals surface area contributed by atoms with E-state index in [2.05, 4.69) is 4.98 Å². The minimum atomic E-state index is -4.39. The Morgan fingerprint density at radius 3 is 2.27 bits per heavy atom. The summed E-state index contributed by atoms with van der Waals surface area (Å²) in [6.45, 7) is 0. The van der Waals surface area contributed by atoms with E-state index in [9.17, 15) is 23.1 Å². The van der Waals surface area contributed by atoms with Crippen LogP contribution in [0, 0.1) is 0 Å². The first kappa shape index (κ1) is 19.8. The molecule has 0 saturated carbocycles. The van der Waals surface area contributed by atoms with Gasteiger partial charge in [0.15, 0.2) is 0 Å². The van der Waals surface area contributed by atoms with E-state index in [-0.39, 0.29) is 5.56 Å². The van der Waals surface area contributed by atoms with Crippen LogP contribution < -0.4 is 0 Å².